The molecule has 0 bridgehead atoms. The van der Waals surface area contributed by atoms with Gasteiger partial charge in [-0.05, 0) is 24.6 Å². The van der Waals surface area contributed by atoms with E-state index in [1.165, 1.54) is 0 Å². The second-order valence-corrected chi connectivity index (χ2v) is 4.91. The van der Waals surface area contributed by atoms with Crippen molar-refractivity contribution in [2.24, 2.45) is 0 Å². The summed E-state index contributed by atoms with van der Waals surface area (Å²) in [5.74, 6) is 0. The number of rotatable bonds is 7. The minimum absolute atomic E-state index is 0.0167. The number of nitrogens with zero attached hydrogens (tertiary/aromatic N) is 1. The van der Waals surface area contributed by atoms with Crippen LogP contribution in [-0.4, -0.2) is 29.9 Å². The van der Waals surface area contributed by atoms with E-state index in [1.54, 1.807) is 0 Å². The van der Waals surface area contributed by atoms with Crippen molar-refractivity contribution in [1.29, 1.82) is 0 Å². The van der Waals surface area contributed by atoms with Crippen LogP contribution in [-0.2, 0) is 6.61 Å². The average Bonchev–Trinajstić information content (AvgIpc) is 2.34. The largest absolute Gasteiger partial charge is 0.395 e. The summed E-state index contributed by atoms with van der Waals surface area (Å²) in [5.41, 5.74) is 1.90. The smallest absolute Gasteiger partial charge is 0.0702 e. The third-order valence-electron chi connectivity index (χ3n) is 2.70. The van der Waals surface area contributed by atoms with Gasteiger partial charge >= 0.3 is 0 Å². The van der Waals surface area contributed by atoms with Gasteiger partial charge in [0, 0.05) is 28.8 Å². The minimum atomic E-state index is 0.0167. The number of benzene rings is 1. The van der Waals surface area contributed by atoms with Crippen LogP contribution in [0.5, 0.6) is 0 Å². The lowest BCUT2D eigenvalue weighted by Crippen LogP contribution is -2.28. The van der Waals surface area contributed by atoms with Gasteiger partial charge in [-0.1, -0.05) is 29.3 Å². The molecule has 0 atom stereocenters. The van der Waals surface area contributed by atoms with Crippen LogP contribution in [0.4, 0.5) is 5.69 Å². The summed E-state index contributed by atoms with van der Waals surface area (Å²) < 4.78 is 0.963. The fourth-order valence-corrected chi connectivity index (χ4v) is 2.22. The zero-order valence-electron chi connectivity index (χ0n) is 10.2. The Morgan fingerprint density at radius 2 is 2.00 bits per heavy atom. The van der Waals surface area contributed by atoms with Crippen molar-refractivity contribution in [1.82, 2.24) is 0 Å². The maximum atomic E-state index is 9.38. The maximum Gasteiger partial charge on any atom is 0.0702 e. The molecule has 0 heterocycles. The molecule has 0 fully saturated rings. The summed E-state index contributed by atoms with van der Waals surface area (Å²) in [6.07, 6.45) is 2.20. The third-order valence-corrected chi connectivity index (χ3v) is 3.20. The van der Waals surface area contributed by atoms with Gasteiger partial charge in [0.2, 0.25) is 0 Å². The third kappa shape index (κ3) is 4.30. The van der Waals surface area contributed by atoms with Crippen molar-refractivity contribution in [3.05, 3.63) is 28.2 Å². The molecule has 96 valence electrons. The lowest BCUT2D eigenvalue weighted by molar-refractivity contribution is 0.280. The van der Waals surface area contributed by atoms with Crippen LogP contribution in [0.15, 0.2) is 22.7 Å². The first-order valence-electron chi connectivity index (χ1n) is 5.98. The van der Waals surface area contributed by atoms with Crippen LogP contribution in [0.3, 0.4) is 0 Å². The topological polar surface area (TPSA) is 43.7 Å². The van der Waals surface area contributed by atoms with Gasteiger partial charge in [-0.25, -0.2) is 0 Å². The lowest BCUT2D eigenvalue weighted by Gasteiger charge is -2.26. The Bertz CT molecular complexity index is 344. The maximum absolute atomic E-state index is 9.38. The van der Waals surface area contributed by atoms with Crippen molar-refractivity contribution < 1.29 is 10.2 Å². The highest BCUT2D eigenvalue weighted by atomic mass is 79.9. The number of unbranched alkanes of at least 4 members (excludes halogenated alkanes) is 1. The van der Waals surface area contributed by atoms with Gasteiger partial charge in [0.15, 0.2) is 0 Å². The quantitative estimate of drug-likeness (QED) is 0.813. The Kier molecular flexibility index (Phi) is 6.55. The number of anilines is 1. The van der Waals surface area contributed by atoms with Crippen molar-refractivity contribution in [3.8, 4) is 0 Å². The second kappa shape index (κ2) is 7.69. The van der Waals surface area contributed by atoms with Crippen LogP contribution in [0.25, 0.3) is 0 Å². The van der Waals surface area contributed by atoms with Crippen molar-refractivity contribution in [2.75, 3.05) is 24.6 Å². The van der Waals surface area contributed by atoms with Crippen LogP contribution >= 0.6 is 15.9 Å². The van der Waals surface area contributed by atoms with E-state index in [9.17, 15) is 5.11 Å². The molecule has 4 heteroatoms. The van der Waals surface area contributed by atoms with E-state index in [0.29, 0.717) is 6.54 Å². The van der Waals surface area contributed by atoms with Crippen LogP contribution in [0, 0.1) is 0 Å². The molecule has 0 saturated heterocycles. The standard InChI is InChI=1S/C13H20BrNO2/c1-2-3-6-15(7-8-16)13-5-4-12(14)9-11(13)10-17/h4-5,9,16-17H,2-3,6-8,10H2,1H3. The van der Waals surface area contributed by atoms with E-state index in [1.807, 2.05) is 18.2 Å². The van der Waals surface area contributed by atoms with Crippen molar-refractivity contribution >= 4 is 21.6 Å². The number of hydrogen-bond acceptors (Lipinski definition) is 3. The highest BCUT2D eigenvalue weighted by Gasteiger charge is 2.10. The molecule has 1 aromatic rings. The molecule has 0 aliphatic rings. The molecule has 1 aromatic carbocycles. The van der Waals surface area contributed by atoms with E-state index < -0.39 is 0 Å². The highest BCUT2D eigenvalue weighted by Crippen LogP contribution is 2.25. The summed E-state index contributed by atoms with van der Waals surface area (Å²) in [7, 11) is 0. The number of aliphatic hydroxyl groups is 2. The zero-order chi connectivity index (χ0) is 12.7. The Labute approximate surface area is 111 Å². The summed E-state index contributed by atoms with van der Waals surface area (Å²) in [6.45, 7) is 3.81. The molecule has 0 aliphatic heterocycles. The summed E-state index contributed by atoms with van der Waals surface area (Å²) in [4.78, 5) is 2.13. The molecular weight excluding hydrogens is 282 g/mol. The predicted molar refractivity (Wildman–Crippen MR) is 74.3 cm³/mol. The molecule has 0 aliphatic carbocycles. The number of halogens is 1. The molecule has 2 N–H and O–H groups in total. The molecule has 0 spiro atoms. The number of aliphatic hydroxyl groups excluding tert-OH is 2. The SMILES string of the molecule is CCCCN(CCO)c1ccc(Br)cc1CO. The molecule has 3 nitrogen and oxygen atoms in total. The molecule has 1 rings (SSSR count). The van der Waals surface area contributed by atoms with Gasteiger partial charge in [0.1, 0.15) is 0 Å². The second-order valence-electron chi connectivity index (χ2n) is 4.00. The van der Waals surface area contributed by atoms with Crippen molar-refractivity contribution in [3.63, 3.8) is 0 Å². The van der Waals surface area contributed by atoms with E-state index >= 15 is 0 Å². The molecule has 0 saturated carbocycles. The first-order chi connectivity index (χ1) is 8.22. The molecule has 0 radical (unpaired) electrons. The van der Waals surface area contributed by atoms with Gasteiger partial charge in [0.05, 0.1) is 13.2 Å². The fourth-order valence-electron chi connectivity index (χ4n) is 1.81. The summed E-state index contributed by atoms with van der Waals surface area (Å²) >= 11 is 3.40. The van der Waals surface area contributed by atoms with Crippen molar-refractivity contribution in [2.45, 2.75) is 26.4 Å². The van der Waals surface area contributed by atoms with E-state index in [4.69, 9.17) is 5.11 Å². The summed E-state index contributed by atoms with van der Waals surface area (Å²) in [5, 5.41) is 18.5. The van der Waals surface area contributed by atoms with E-state index in [2.05, 4.69) is 27.8 Å². The van der Waals surface area contributed by atoms with Gasteiger partial charge < -0.3 is 15.1 Å². The van der Waals surface area contributed by atoms with Gasteiger partial charge in [-0.3, -0.25) is 0 Å². The monoisotopic (exact) mass is 301 g/mol. The van der Waals surface area contributed by atoms with Gasteiger partial charge in [0.25, 0.3) is 0 Å². The predicted octanol–water partition coefficient (Wildman–Crippen LogP) is 2.54. The molecule has 0 unspecified atom stereocenters. The molecule has 0 aromatic heterocycles. The Morgan fingerprint density at radius 3 is 2.59 bits per heavy atom. The molecular formula is C13H20BrNO2. The lowest BCUT2D eigenvalue weighted by atomic mass is 10.1. The summed E-state index contributed by atoms with van der Waals surface area (Å²) in [6, 6.07) is 5.87. The first kappa shape index (κ1) is 14.5. The normalized spacial score (nSPS) is 10.6. The van der Waals surface area contributed by atoms with Crippen LogP contribution in [0.1, 0.15) is 25.3 Å². The Balaban J connectivity index is 2.91. The fraction of sp³-hybridized carbons (Fsp3) is 0.538. The zero-order valence-corrected chi connectivity index (χ0v) is 11.8. The molecule has 0 amide bonds. The van der Waals surface area contributed by atoms with E-state index in [-0.39, 0.29) is 13.2 Å². The molecule has 17 heavy (non-hydrogen) atoms. The highest BCUT2D eigenvalue weighted by molar-refractivity contribution is 9.10. The van der Waals surface area contributed by atoms with Gasteiger partial charge in [-0.15, -0.1) is 0 Å². The Morgan fingerprint density at radius 1 is 1.24 bits per heavy atom. The number of hydrogen-bond donors (Lipinski definition) is 2. The Hall–Kier alpha value is -0.580. The van der Waals surface area contributed by atoms with E-state index in [0.717, 1.165) is 35.1 Å². The average molecular weight is 302 g/mol. The first-order valence-corrected chi connectivity index (χ1v) is 6.77. The van der Waals surface area contributed by atoms with Crippen LogP contribution < -0.4 is 4.90 Å². The van der Waals surface area contributed by atoms with Crippen LogP contribution in [0.2, 0.25) is 0 Å². The van der Waals surface area contributed by atoms with Gasteiger partial charge in [-0.2, -0.15) is 0 Å². The minimum Gasteiger partial charge on any atom is -0.395 e.